The first-order valence-electron chi connectivity index (χ1n) is 8.99. The minimum atomic E-state index is -0.352. The van der Waals surface area contributed by atoms with Gasteiger partial charge in [-0.15, -0.1) is 0 Å². The quantitative estimate of drug-likeness (QED) is 0.598. The van der Waals surface area contributed by atoms with Crippen LogP contribution in [0.2, 0.25) is 0 Å². The van der Waals surface area contributed by atoms with Crippen molar-refractivity contribution in [2.24, 2.45) is 0 Å². The van der Waals surface area contributed by atoms with E-state index in [-0.39, 0.29) is 5.91 Å². The summed E-state index contributed by atoms with van der Waals surface area (Å²) in [7, 11) is 3.08. The van der Waals surface area contributed by atoms with Crippen LogP contribution in [0.5, 0.6) is 17.2 Å². The van der Waals surface area contributed by atoms with Gasteiger partial charge in [0.25, 0.3) is 5.91 Å². The number of carbonyl (C=O) groups is 1. The second kappa shape index (κ2) is 9.41. The molecule has 1 heterocycles. The number of hydrogen-bond donors (Lipinski definition) is 2. The van der Waals surface area contributed by atoms with Gasteiger partial charge >= 0.3 is 0 Å². The van der Waals surface area contributed by atoms with Crippen LogP contribution in [-0.4, -0.2) is 36.7 Å². The largest absolute Gasteiger partial charge is 0.497 e. The van der Waals surface area contributed by atoms with Gasteiger partial charge in [0.15, 0.2) is 0 Å². The summed E-state index contributed by atoms with van der Waals surface area (Å²) in [6, 6.07) is 12.6. The number of rotatable bonds is 8. The molecule has 0 spiro atoms. The zero-order valence-corrected chi connectivity index (χ0v) is 16.4. The molecule has 150 valence electrons. The van der Waals surface area contributed by atoms with Crippen LogP contribution in [0.1, 0.15) is 17.3 Å². The first-order chi connectivity index (χ1) is 14.1. The maximum Gasteiger partial charge on any atom is 0.258 e. The van der Waals surface area contributed by atoms with Crippen LogP contribution < -0.4 is 24.8 Å². The summed E-state index contributed by atoms with van der Waals surface area (Å²) in [6.45, 7) is 2.46. The number of benzene rings is 2. The van der Waals surface area contributed by atoms with Gasteiger partial charge in [-0.1, -0.05) is 12.1 Å². The molecule has 0 atom stereocenters. The lowest BCUT2D eigenvalue weighted by molar-refractivity contribution is 0.102. The number of hydrogen-bond acceptors (Lipinski definition) is 7. The Bertz CT molecular complexity index is 977. The van der Waals surface area contributed by atoms with Gasteiger partial charge in [-0.2, -0.15) is 0 Å². The molecular formula is C21H22N4O4. The number of nitrogens with zero attached hydrogens (tertiary/aromatic N) is 2. The molecule has 2 N–H and O–H groups in total. The SMILES string of the molecule is CCOc1ccccc1Nc1ncc(C(=O)Nc2ccc(OC)cc2OC)cn1. The molecule has 3 rings (SSSR count). The zero-order chi connectivity index (χ0) is 20.6. The predicted molar refractivity (Wildman–Crippen MR) is 110 cm³/mol. The van der Waals surface area contributed by atoms with E-state index in [0.717, 1.165) is 5.69 Å². The van der Waals surface area contributed by atoms with Crippen molar-refractivity contribution in [1.82, 2.24) is 9.97 Å². The molecule has 0 saturated carbocycles. The van der Waals surface area contributed by atoms with E-state index in [1.165, 1.54) is 19.5 Å². The molecule has 0 radical (unpaired) electrons. The van der Waals surface area contributed by atoms with Gasteiger partial charge in [-0.05, 0) is 31.2 Å². The maximum atomic E-state index is 12.5. The Labute approximate surface area is 168 Å². The maximum absolute atomic E-state index is 12.5. The minimum Gasteiger partial charge on any atom is -0.497 e. The Kier molecular flexibility index (Phi) is 6.47. The smallest absolute Gasteiger partial charge is 0.258 e. The molecule has 0 fully saturated rings. The third-order valence-electron chi connectivity index (χ3n) is 4.00. The minimum absolute atomic E-state index is 0.312. The normalized spacial score (nSPS) is 10.2. The molecule has 8 nitrogen and oxygen atoms in total. The van der Waals surface area contributed by atoms with Gasteiger partial charge in [-0.3, -0.25) is 4.79 Å². The molecule has 1 amide bonds. The number of ether oxygens (including phenoxy) is 3. The van der Waals surface area contributed by atoms with Crippen LogP contribution in [0.4, 0.5) is 17.3 Å². The molecule has 3 aromatic rings. The number of anilines is 3. The summed E-state index contributed by atoms with van der Waals surface area (Å²) in [5, 5.41) is 5.88. The average Bonchev–Trinajstić information content (AvgIpc) is 2.76. The molecule has 8 heteroatoms. The summed E-state index contributed by atoms with van der Waals surface area (Å²) in [5.41, 5.74) is 1.58. The van der Waals surface area contributed by atoms with E-state index in [4.69, 9.17) is 14.2 Å². The Morgan fingerprint density at radius 1 is 0.966 bits per heavy atom. The van der Waals surface area contributed by atoms with Gasteiger partial charge < -0.3 is 24.8 Å². The van der Waals surface area contributed by atoms with E-state index in [1.807, 2.05) is 31.2 Å². The number of amides is 1. The summed E-state index contributed by atoms with van der Waals surface area (Å²) in [6.07, 6.45) is 2.90. The highest BCUT2D eigenvalue weighted by Crippen LogP contribution is 2.29. The highest BCUT2D eigenvalue weighted by atomic mass is 16.5. The fraction of sp³-hybridized carbons (Fsp3) is 0.190. The second-order valence-corrected chi connectivity index (χ2v) is 5.87. The lowest BCUT2D eigenvalue weighted by Crippen LogP contribution is -2.14. The van der Waals surface area contributed by atoms with Gasteiger partial charge in [0, 0.05) is 18.5 Å². The lowest BCUT2D eigenvalue weighted by Gasteiger charge is -2.12. The third kappa shape index (κ3) is 4.92. The highest BCUT2D eigenvalue weighted by Gasteiger charge is 2.12. The summed E-state index contributed by atoms with van der Waals surface area (Å²) in [4.78, 5) is 21.0. The zero-order valence-electron chi connectivity index (χ0n) is 16.4. The van der Waals surface area contributed by atoms with E-state index < -0.39 is 0 Å². The summed E-state index contributed by atoms with van der Waals surface area (Å²) < 4.78 is 16.0. The average molecular weight is 394 g/mol. The van der Waals surface area contributed by atoms with Gasteiger partial charge in [0.1, 0.15) is 17.2 Å². The number of aromatic nitrogens is 2. The molecule has 2 aromatic carbocycles. The number of carbonyl (C=O) groups excluding carboxylic acids is 1. The van der Waals surface area contributed by atoms with Gasteiger partial charge in [-0.25, -0.2) is 9.97 Å². The highest BCUT2D eigenvalue weighted by molar-refractivity contribution is 6.04. The second-order valence-electron chi connectivity index (χ2n) is 5.87. The third-order valence-corrected chi connectivity index (χ3v) is 4.00. The van der Waals surface area contributed by atoms with Crippen molar-refractivity contribution < 1.29 is 19.0 Å². The Balaban J connectivity index is 1.71. The molecule has 29 heavy (non-hydrogen) atoms. The van der Waals surface area contributed by atoms with Crippen LogP contribution in [-0.2, 0) is 0 Å². The molecule has 1 aromatic heterocycles. The molecule has 0 saturated heterocycles. The Hall–Kier alpha value is -3.81. The van der Waals surface area contributed by atoms with E-state index in [9.17, 15) is 4.79 Å². The van der Waals surface area contributed by atoms with Crippen LogP contribution in [0.15, 0.2) is 54.9 Å². The Morgan fingerprint density at radius 3 is 2.41 bits per heavy atom. The number of para-hydroxylation sites is 2. The number of methoxy groups -OCH3 is 2. The summed E-state index contributed by atoms with van der Waals surface area (Å²) >= 11 is 0. The first-order valence-corrected chi connectivity index (χ1v) is 8.99. The van der Waals surface area contributed by atoms with Crippen molar-refractivity contribution >= 4 is 23.2 Å². The Morgan fingerprint density at radius 2 is 1.72 bits per heavy atom. The van der Waals surface area contributed by atoms with Crippen molar-refractivity contribution in [1.29, 1.82) is 0 Å². The van der Waals surface area contributed by atoms with Crippen LogP contribution in [0, 0.1) is 0 Å². The van der Waals surface area contributed by atoms with Crippen molar-refractivity contribution in [2.75, 3.05) is 31.5 Å². The number of nitrogens with one attached hydrogen (secondary N) is 2. The predicted octanol–water partition coefficient (Wildman–Crippen LogP) is 3.89. The van der Waals surface area contributed by atoms with Crippen molar-refractivity contribution in [3.63, 3.8) is 0 Å². The van der Waals surface area contributed by atoms with Gasteiger partial charge in [0.05, 0.1) is 37.8 Å². The van der Waals surface area contributed by atoms with E-state index in [1.54, 1.807) is 25.3 Å². The van der Waals surface area contributed by atoms with Crippen molar-refractivity contribution in [2.45, 2.75) is 6.92 Å². The van der Waals surface area contributed by atoms with Gasteiger partial charge in [0.2, 0.25) is 5.95 Å². The lowest BCUT2D eigenvalue weighted by atomic mass is 10.2. The van der Waals surface area contributed by atoms with E-state index >= 15 is 0 Å². The van der Waals surface area contributed by atoms with Crippen molar-refractivity contribution in [3.8, 4) is 17.2 Å². The molecular weight excluding hydrogens is 372 g/mol. The molecule has 0 unspecified atom stereocenters. The van der Waals surface area contributed by atoms with Crippen LogP contribution in [0.25, 0.3) is 0 Å². The van der Waals surface area contributed by atoms with Crippen LogP contribution in [0.3, 0.4) is 0 Å². The fourth-order valence-corrected chi connectivity index (χ4v) is 2.58. The van der Waals surface area contributed by atoms with E-state index in [2.05, 4.69) is 20.6 Å². The standard InChI is InChI=1S/C21H22N4O4/c1-4-29-18-8-6-5-7-16(18)25-21-22-12-14(13-23-21)20(26)24-17-10-9-15(27-2)11-19(17)28-3/h5-13H,4H2,1-3H3,(H,24,26)(H,22,23,25). The fourth-order valence-electron chi connectivity index (χ4n) is 2.58. The molecule has 0 aliphatic heterocycles. The van der Waals surface area contributed by atoms with E-state index in [0.29, 0.717) is 41.1 Å². The van der Waals surface area contributed by atoms with Crippen molar-refractivity contribution in [3.05, 3.63) is 60.4 Å². The molecule has 0 aliphatic carbocycles. The van der Waals surface area contributed by atoms with Crippen LogP contribution >= 0.6 is 0 Å². The topological polar surface area (TPSA) is 94.6 Å². The summed E-state index contributed by atoms with van der Waals surface area (Å²) in [5.74, 6) is 1.83. The monoisotopic (exact) mass is 394 g/mol. The molecule has 0 aliphatic rings. The molecule has 0 bridgehead atoms. The first kappa shape index (κ1) is 19.9.